The van der Waals surface area contributed by atoms with E-state index in [9.17, 15) is 9.59 Å². The van der Waals surface area contributed by atoms with Gasteiger partial charge < -0.3 is 14.7 Å². The fourth-order valence-corrected chi connectivity index (χ4v) is 4.81. The van der Waals surface area contributed by atoms with Crippen LogP contribution < -0.4 is 10.9 Å². The zero-order valence-electron chi connectivity index (χ0n) is 16.8. The lowest BCUT2D eigenvalue weighted by atomic mass is 9.70. The van der Waals surface area contributed by atoms with E-state index in [-0.39, 0.29) is 16.8 Å². The third-order valence-electron chi connectivity index (χ3n) is 5.09. The van der Waals surface area contributed by atoms with Crippen molar-refractivity contribution in [1.82, 2.24) is 9.97 Å². The number of furan rings is 1. The SMILES string of the molecule is Cc1ccc([C@H]2C3=C(CC(C)(C)CC3=O)Nc3nc(SC(C)C)[nH]c(=O)c32)o1. The molecular weight excluding hydrogens is 374 g/mol. The summed E-state index contributed by atoms with van der Waals surface area (Å²) in [7, 11) is 0. The average Bonchev–Trinajstić information content (AvgIpc) is 2.97. The standard InChI is InChI=1S/C21H25N3O3S/c1-10(2)28-20-23-18-17(19(26)24-20)16(14-7-6-11(3)27-14)15-12(22-18)8-21(4,5)9-13(15)25/h6-7,10,16H,8-9H2,1-5H3,(H2,22,23,24,26)/t16-/m0/s1. The van der Waals surface area contributed by atoms with Crippen LogP contribution in [0.1, 0.15) is 63.5 Å². The van der Waals surface area contributed by atoms with Crippen molar-refractivity contribution in [2.24, 2.45) is 5.41 Å². The first-order valence-corrected chi connectivity index (χ1v) is 10.4. The molecule has 0 spiro atoms. The van der Waals surface area contributed by atoms with E-state index in [1.165, 1.54) is 11.8 Å². The number of allylic oxidation sites excluding steroid dienone is 2. The Balaban J connectivity index is 1.93. The van der Waals surface area contributed by atoms with Crippen LogP contribution in [-0.4, -0.2) is 21.0 Å². The van der Waals surface area contributed by atoms with E-state index in [1.54, 1.807) is 0 Å². The lowest BCUT2D eigenvalue weighted by Crippen LogP contribution is -2.36. The summed E-state index contributed by atoms with van der Waals surface area (Å²) in [5.41, 5.74) is 1.57. The zero-order valence-corrected chi connectivity index (χ0v) is 17.6. The van der Waals surface area contributed by atoms with Crippen molar-refractivity contribution in [3.8, 4) is 0 Å². The Morgan fingerprint density at radius 1 is 1.25 bits per heavy atom. The highest BCUT2D eigenvalue weighted by molar-refractivity contribution is 7.99. The Morgan fingerprint density at radius 2 is 2.00 bits per heavy atom. The van der Waals surface area contributed by atoms with Crippen molar-refractivity contribution in [1.29, 1.82) is 0 Å². The van der Waals surface area contributed by atoms with Crippen LogP contribution in [0.3, 0.4) is 0 Å². The van der Waals surface area contributed by atoms with Gasteiger partial charge in [-0.3, -0.25) is 9.59 Å². The minimum Gasteiger partial charge on any atom is -0.465 e. The molecule has 148 valence electrons. The molecule has 0 unspecified atom stereocenters. The lowest BCUT2D eigenvalue weighted by Gasteiger charge is -2.37. The number of thioether (sulfide) groups is 1. The summed E-state index contributed by atoms with van der Waals surface area (Å²) in [4.78, 5) is 33.7. The van der Waals surface area contributed by atoms with Crippen LogP contribution in [-0.2, 0) is 4.79 Å². The number of hydrogen-bond donors (Lipinski definition) is 2. The van der Waals surface area contributed by atoms with Crippen molar-refractivity contribution in [3.63, 3.8) is 0 Å². The molecule has 6 nitrogen and oxygen atoms in total. The van der Waals surface area contributed by atoms with Crippen LogP contribution in [0, 0.1) is 12.3 Å². The summed E-state index contributed by atoms with van der Waals surface area (Å²) in [5.74, 6) is 1.41. The molecular formula is C21H25N3O3S. The van der Waals surface area contributed by atoms with Gasteiger partial charge in [0.2, 0.25) is 0 Å². The molecule has 7 heteroatoms. The van der Waals surface area contributed by atoms with Crippen LogP contribution in [0.15, 0.2) is 37.8 Å². The molecule has 0 amide bonds. The summed E-state index contributed by atoms with van der Waals surface area (Å²) < 4.78 is 5.88. The molecule has 2 aliphatic rings. The van der Waals surface area contributed by atoms with E-state index < -0.39 is 5.92 Å². The molecule has 0 bridgehead atoms. The maximum absolute atomic E-state index is 13.1. The van der Waals surface area contributed by atoms with Gasteiger partial charge in [0.1, 0.15) is 17.3 Å². The summed E-state index contributed by atoms with van der Waals surface area (Å²) in [6, 6.07) is 3.71. The largest absolute Gasteiger partial charge is 0.465 e. The Morgan fingerprint density at radius 3 is 2.64 bits per heavy atom. The number of carbonyl (C=O) groups is 1. The highest BCUT2D eigenvalue weighted by atomic mass is 32.2. The van der Waals surface area contributed by atoms with E-state index in [4.69, 9.17) is 4.42 Å². The second-order valence-corrected chi connectivity index (χ2v) is 10.2. The molecule has 0 saturated heterocycles. The van der Waals surface area contributed by atoms with Crippen molar-refractivity contribution < 1.29 is 9.21 Å². The number of fused-ring (bicyclic) bond motifs is 1. The molecule has 1 atom stereocenters. The maximum atomic E-state index is 13.1. The Bertz CT molecular complexity index is 1050. The van der Waals surface area contributed by atoms with E-state index in [1.807, 2.05) is 19.1 Å². The number of ketones is 1. The zero-order chi connectivity index (χ0) is 20.2. The molecule has 0 aromatic carbocycles. The van der Waals surface area contributed by atoms with Crippen LogP contribution in [0.2, 0.25) is 0 Å². The van der Waals surface area contributed by atoms with E-state index in [2.05, 4.69) is 43.0 Å². The number of Topliss-reactive ketones (excluding diaryl/α,β-unsaturated/α-hetero) is 1. The molecule has 0 fully saturated rings. The van der Waals surface area contributed by atoms with E-state index >= 15 is 0 Å². The minimum atomic E-state index is -0.530. The van der Waals surface area contributed by atoms with Gasteiger partial charge >= 0.3 is 0 Å². The molecule has 0 saturated carbocycles. The van der Waals surface area contributed by atoms with E-state index in [0.717, 1.165) is 17.9 Å². The molecule has 2 N–H and O–H groups in total. The minimum absolute atomic E-state index is 0.0588. The number of nitrogens with one attached hydrogen (secondary N) is 2. The number of carbonyl (C=O) groups excluding carboxylic acids is 1. The molecule has 3 heterocycles. The first-order valence-electron chi connectivity index (χ1n) is 9.55. The quantitative estimate of drug-likeness (QED) is 0.588. The smallest absolute Gasteiger partial charge is 0.257 e. The fraction of sp³-hybridized carbons (Fsp3) is 0.476. The number of anilines is 1. The van der Waals surface area contributed by atoms with Gasteiger partial charge in [-0.05, 0) is 30.9 Å². The van der Waals surface area contributed by atoms with Crippen molar-refractivity contribution >= 4 is 23.4 Å². The predicted molar refractivity (Wildman–Crippen MR) is 110 cm³/mol. The van der Waals surface area contributed by atoms with E-state index in [0.29, 0.717) is 39.5 Å². The van der Waals surface area contributed by atoms with Gasteiger partial charge in [0.25, 0.3) is 5.56 Å². The first kappa shape index (κ1) is 19.1. The second kappa shape index (κ2) is 6.65. The maximum Gasteiger partial charge on any atom is 0.257 e. The molecule has 4 rings (SSSR count). The van der Waals surface area contributed by atoms with Gasteiger partial charge in [0.05, 0.1) is 11.5 Å². The first-order chi connectivity index (χ1) is 13.1. The number of hydrogen-bond acceptors (Lipinski definition) is 6. The van der Waals surface area contributed by atoms with Gasteiger partial charge in [-0.1, -0.05) is 39.5 Å². The summed E-state index contributed by atoms with van der Waals surface area (Å²) in [6.45, 7) is 10.1. The molecule has 0 radical (unpaired) electrons. The average molecular weight is 400 g/mol. The Labute approximate surface area is 168 Å². The Hall–Kier alpha value is -2.28. The molecule has 2 aromatic heterocycles. The number of H-pyrrole nitrogens is 1. The lowest BCUT2D eigenvalue weighted by molar-refractivity contribution is -0.118. The molecule has 2 aromatic rings. The van der Waals surface area contributed by atoms with Crippen molar-refractivity contribution in [2.45, 2.75) is 63.8 Å². The molecule has 1 aliphatic carbocycles. The van der Waals surface area contributed by atoms with Gasteiger partial charge in [-0.2, -0.15) is 0 Å². The third kappa shape index (κ3) is 3.32. The van der Waals surface area contributed by atoms with Gasteiger partial charge in [0.15, 0.2) is 10.9 Å². The van der Waals surface area contributed by atoms with Crippen LogP contribution in [0.5, 0.6) is 0 Å². The number of rotatable bonds is 3. The number of aryl methyl sites for hydroxylation is 1. The van der Waals surface area contributed by atoms with Gasteiger partial charge in [-0.25, -0.2) is 4.98 Å². The third-order valence-corrected chi connectivity index (χ3v) is 5.98. The topological polar surface area (TPSA) is 88.0 Å². The highest BCUT2D eigenvalue weighted by Gasteiger charge is 2.43. The summed E-state index contributed by atoms with van der Waals surface area (Å²) in [5, 5.41) is 4.18. The van der Waals surface area contributed by atoms with Crippen molar-refractivity contribution in [2.75, 3.05) is 5.32 Å². The van der Waals surface area contributed by atoms with Crippen LogP contribution >= 0.6 is 11.8 Å². The number of aromatic amines is 1. The highest BCUT2D eigenvalue weighted by Crippen LogP contribution is 2.47. The van der Waals surface area contributed by atoms with Gasteiger partial charge in [0, 0.05) is 22.9 Å². The molecule has 1 aliphatic heterocycles. The van der Waals surface area contributed by atoms with Crippen LogP contribution in [0.25, 0.3) is 0 Å². The fourth-order valence-electron chi connectivity index (χ4n) is 4.07. The van der Waals surface area contributed by atoms with Crippen LogP contribution in [0.4, 0.5) is 5.82 Å². The van der Waals surface area contributed by atoms with Crippen molar-refractivity contribution in [3.05, 3.63) is 50.8 Å². The number of aromatic nitrogens is 2. The summed E-state index contributed by atoms with van der Waals surface area (Å²) in [6.07, 6.45) is 1.18. The Kier molecular flexibility index (Phi) is 4.53. The normalized spacial score (nSPS) is 20.8. The monoisotopic (exact) mass is 399 g/mol. The second-order valence-electron chi connectivity index (χ2n) is 8.64. The molecule has 28 heavy (non-hydrogen) atoms. The van der Waals surface area contributed by atoms with Gasteiger partial charge in [-0.15, -0.1) is 0 Å². The number of nitrogens with zero attached hydrogens (tertiary/aromatic N) is 1. The predicted octanol–water partition coefficient (Wildman–Crippen LogP) is 4.37. The summed E-state index contributed by atoms with van der Waals surface area (Å²) >= 11 is 1.50.